The van der Waals surface area contributed by atoms with E-state index in [1.807, 2.05) is 0 Å². The lowest BCUT2D eigenvalue weighted by molar-refractivity contribution is 0.0947. The van der Waals surface area contributed by atoms with E-state index in [1.54, 1.807) is 31.4 Å². The van der Waals surface area contributed by atoms with Crippen LogP contribution in [0.4, 0.5) is 0 Å². The van der Waals surface area contributed by atoms with Crippen LogP contribution >= 0.6 is 0 Å². The largest absolute Gasteiger partial charge is 0.463 e. The number of carbonyl (C=O) groups is 1. The monoisotopic (exact) mass is 313 g/mol. The number of aromatic amines is 1. The van der Waals surface area contributed by atoms with Gasteiger partial charge in [-0.05, 0) is 19.1 Å². The topological polar surface area (TPSA) is 106 Å². The van der Waals surface area contributed by atoms with Gasteiger partial charge in [0.05, 0.1) is 12.6 Å². The highest BCUT2D eigenvalue weighted by atomic mass is 16.3. The highest BCUT2D eigenvalue weighted by Gasteiger charge is 2.12. The van der Waals surface area contributed by atoms with Gasteiger partial charge >= 0.3 is 0 Å². The van der Waals surface area contributed by atoms with E-state index in [0.29, 0.717) is 30.2 Å². The van der Waals surface area contributed by atoms with Gasteiger partial charge in [-0.1, -0.05) is 0 Å². The molecule has 0 fully saturated rings. The van der Waals surface area contributed by atoms with Crippen molar-refractivity contribution in [1.29, 1.82) is 0 Å². The average Bonchev–Trinajstić information content (AvgIpc) is 3.20. The van der Waals surface area contributed by atoms with E-state index in [0.717, 1.165) is 0 Å². The molecule has 0 radical (unpaired) electrons. The third-order valence-electron chi connectivity index (χ3n) is 3.25. The van der Waals surface area contributed by atoms with E-state index in [2.05, 4.69) is 20.5 Å². The summed E-state index contributed by atoms with van der Waals surface area (Å²) in [5.41, 5.74) is 1.40. The fraction of sp³-hybridized carbons (Fsp3) is 0.200. The smallest absolute Gasteiger partial charge is 0.271 e. The number of furan rings is 1. The molecule has 3 rings (SSSR count). The minimum absolute atomic E-state index is 0.147. The molecule has 0 aliphatic rings. The van der Waals surface area contributed by atoms with Crippen molar-refractivity contribution in [3.8, 4) is 11.5 Å². The van der Waals surface area contributed by atoms with Crippen molar-refractivity contribution in [2.24, 2.45) is 0 Å². The van der Waals surface area contributed by atoms with Crippen LogP contribution in [0.2, 0.25) is 0 Å². The van der Waals surface area contributed by atoms with Gasteiger partial charge in [0.25, 0.3) is 11.5 Å². The summed E-state index contributed by atoms with van der Waals surface area (Å²) in [7, 11) is 0. The first-order chi connectivity index (χ1) is 11.1. The number of rotatable bonds is 5. The number of hydrogen-bond acceptors (Lipinski definition) is 5. The fourth-order valence-electron chi connectivity index (χ4n) is 2.06. The molecule has 2 N–H and O–H groups in total. The van der Waals surface area contributed by atoms with Crippen molar-refractivity contribution in [2.75, 3.05) is 6.54 Å². The van der Waals surface area contributed by atoms with Gasteiger partial charge in [0.2, 0.25) is 0 Å². The molecule has 0 atom stereocenters. The van der Waals surface area contributed by atoms with Gasteiger partial charge in [-0.2, -0.15) is 5.10 Å². The molecule has 3 aromatic rings. The summed E-state index contributed by atoms with van der Waals surface area (Å²) in [5.74, 6) is 0.279. The molecule has 3 heterocycles. The zero-order chi connectivity index (χ0) is 16.2. The third kappa shape index (κ3) is 3.37. The maximum absolute atomic E-state index is 12.0. The van der Waals surface area contributed by atoms with Crippen molar-refractivity contribution in [2.45, 2.75) is 13.5 Å². The van der Waals surface area contributed by atoms with E-state index in [4.69, 9.17) is 4.42 Å². The fourth-order valence-corrected chi connectivity index (χ4v) is 2.06. The molecule has 118 valence electrons. The second kappa shape index (κ2) is 6.30. The first kappa shape index (κ1) is 14.8. The Morgan fingerprint density at radius 3 is 3.04 bits per heavy atom. The predicted molar refractivity (Wildman–Crippen MR) is 81.9 cm³/mol. The minimum atomic E-state index is -0.327. The van der Waals surface area contributed by atoms with Gasteiger partial charge in [0, 0.05) is 30.9 Å². The van der Waals surface area contributed by atoms with E-state index >= 15 is 0 Å². The second-order valence-corrected chi connectivity index (χ2v) is 4.96. The highest BCUT2D eigenvalue weighted by Crippen LogP contribution is 2.17. The quantitative estimate of drug-likeness (QED) is 0.730. The molecule has 0 spiro atoms. The van der Waals surface area contributed by atoms with Crippen LogP contribution in [0.5, 0.6) is 0 Å². The molecule has 0 saturated carbocycles. The number of hydrogen-bond donors (Lipinski definition) is 2. The van der Waals surface area contributed by atoms with Crippen molar-refractivity contribution in [1.82, 2.24) is 25.1 Å². The summed E-state index contributed by atoms with van der Waals surface area (Å²) in [4.78, 5) is 27.8. The summed E-state index contributed by atoms with van der Waals surface area (Å²) in [5, 5.41) is 9.40. The van der Waals surface area contributed by atoms with E-state index < -0.39 is 0 Å². The van der Waals surface area contributed by atoms with Crippen LogP contribution in [0.15, 0.2) is 46.1 Å². The molecular weight excluding hydrogens is 298 g/mol. The lowest BCUT2D eigenvalue weighted by atomic mass is 10.3. The maximum Gasteiger partial charge on any atom is 0.271 e. The number of nitrogens with one attached hydrogen (secondary N) is 2. The van der Waals surface area contributed by atoms with E-state index in [-0.39, 0.29) is 17.2 Å². The number of aryl methyl sites for hydroxylation is 1. The van der Waals surface area contributed by atoms with Crippen molar-refractivity contribution in [3.63, 3.8) is 0 Å². The number of aromatic nitrogens is 4. The van der Waals surface area contributed by atoms with Gasteiger partial charge in [-0.3, -0.25) is 19.3 Å². The number of H-pyrrole nitrogens is 1. The van der Waals surface area contributed by atoms with Crippen LogP contribution in [-0.4, -0.2) is 32.2 Å². The van der Waals surface area contributed by atoms with Crippen LogP contribution < -0.4 is 10.9 Å². The van der Waals surface area contributed by atoms with Crippen LogP contribution in [0, 0.1) is 6.92 Å². The Kier molecular flexibility index (Phi) is 4.05. The molecule has 8 nitrogen and oxygen atoms in total. The SMILES string of the molecule is Cc1cc(=O)n(CCNC(=O)c2cc(-c3ccco3)[nH]n2)cn1. The zero-order valence-corrected chi connectivity index (χ0v) is 12.4. The summed E-state index contributed by atoms with van der Waals surface area (Å²) < 4.78 is 6.66. The first-order valence-corrected chi connectivity index (χ1v) is 7.04. The van der Waals surface area contributed by atoms with Gasteiger partial charge < -0.3 is 9.73 Å². The Morgan fingerprint density at radius 1 is 1.43 bits per heavy atom. The van der Waals surface area contributed by atoms with Crippen molar-refractivity contribution in [3.05, 3.63) is 58.6 Å². The Balaban J connectivity index is 1.58. The lowest BCUT2D eigenvalue weighted by Crippen LogP contribution is -2.31. The van der Waals surface area contributed by atoms with Gasteiger partial charge in [-0.25, -0.2) is 4.98 Å². The Morgan fingerprint density at radius 2 is 2.30 bits per heavy atom. The van der Waals surface area contributed by atoms with Crippen molar-refractivity contribution < 1.29 is 9.21 Å². The van der Waals surface area contributed by atoms with Crippen LogP contribution in [0.3, 0.4) is 0 Å². The summed E-state index contributed by atoms with van der Waals surface area (Å²) in [6.07, 6.45) is 3.01. The number of amides is 1. The molecule has 3 aromatic heterocycles. The summed E-state index contributed by atoms with van der Waals surface area (Å²) >= 11 is 0. The number of carbonyl (C=O) groups excluding carboxylic acids is 1. The summed E-state index contributed by atoms with van der Waals surface area (Å²) in [6, 6.07) is 6.58. The van der Waals surface area contributed by atoms with E-state index in [1.165, 1.54) is 17.0 Å². The average molecular weight is 313 g/mol. The molecule has 0 bridgehead atoms. The molecule has 0 aliphatic heterocycles. The first-order valence-electron chi connectivity index (χ1n) is 7.04. The number of nitrogens with zero attached hydrogens (tertiary/aromatic N) is 3. The molecule has 0 saturated heterocycles. The highest BCUT2D eigenvalue weighted by molar-refractivity contribution is 5.93. The molecule has 0 aliphatic carbocycles. The van der Waals surface area contributed by atoms with E-state index in [9.17, 15) is 9.59 Å². The molecular formula is C15H15N5O3. The van der Waals surface area contributed by atoms with Crippen LogP contribution in [0.1, 0.15) is 16.2 Å². The van der Waals surface area contributed by atoms with Crippen LogP contribution in [0.25, 0.3) is 11.5 Å². The van der Waals surface area contributed by atoms with Crippen LogP contribution in [-0.2, 0) is 6.54 Å². The molecule has 0 aromatic carbocycles. The third-order valence-corrected chi connectivity index (χ3v) is 3.25. The Labute approximate surface area is 131 Å². The Hall–Kier alpha value is -3.16. The van der Waals surface area contributed by atoms with Gasteiger partial charge in [0.15, 0.2) is 11.5 Å². The molecule has 23 heavy (non-hydrogen) atoms. The van der Waals surface area contributed by atoms with Gasteiger partial charge in [0.1, 0.15) is 5.69 Å². The summed E-state index contributed by atoms with van der Waals surface area (Å²) in [6.45, 7) is 2.39. The van der Waals surface area contributed by atoms with Gasteiger partial charge in [-0.15, -0.1) is 0 Å². The lowest BCUT2D eigenvalue weighted by Gasteiger charge is -2.06. The predicted octanol–water partition coefficient (Wildman–Crippen LogP) is 0.965. The zero-order valence-electron chi connectivity index (χ0n) is 12.4. The van der Waals surface area contributed by atoms with Crippen molar-refractivity contribution >= 4 is 5.91 Å². The maximum atomic E-state index is 12.0. The standard InChI is InChI=1S/C15H15N5O3/c1-10-7-14(21)20(9-17-10)5-4-16-15(22)12-8-11(18-19-12)13-3-2-6-23-13/h2-3,6-9H,4-5H2,1H3,(H,16,22)(H,18,19). The molecule has 0 unspecified atom stereocenters. The molecule has 8 heteroatoms. The normalized spacial score (nSPS) is 10.7. The molecule has 1 amide bonds. The second-order valence-electron chi connectivity index (χ2n) is 4.96. The minimum Gasteiger partial charge on any atom is -0.463 e. The Bertz CT molecular complexity index is 863.